The molecule has 3 aromatic rings. The lowest BCUT2D eigenvalue weighted by atomic mass is 9.95. The molecule has 0 aliphatic carbocycles. The number of carbonyl (C=O) groups is 1. The highest BCUT2D eigenvalue weighted by Crippen LogP contribution is 2.36. The lowest BCUT2D eigenvalue weighted by Gasteiger charge is -2.17. The Bertz CT molecular complexity index is 1070. The van der Waals surface area contributed by atoms with Gasteiger partial charge >= 0.3 is 0 Å². The number of rotatable bonds is 5. The van der Waals surface area contributed by atoms with Gasteiger partial charge in [-0.15, -0.1) is 0 Å². The van der Waals surface area contributed by atoms with Gasteiger partial charge in [-0.25, -0.2) is 16.3 Å². The van der Waals surface area contributed by atoms with Crippen LogP contribution in [0.15, 0.2) is 70.2 Å². The highest BCUT2D eigenvalue weighted by Gasteiger charge is 2.32. The Kier molecular flexibility index (Phi) is 5.89. The second-order valence-corrected chi connectivity index (χ2v) is 7.74. The molecule has 0 radical (unpaired) electrons. The monoisotopic (exact) mass is 452 g/mol. The first-order valence-corrected chi connectivity index (χ1v) is 10.1. The zero-order chi connectivity index (χ0) is 20.2. The van der Waals surface area contributed by atoms with Crippen LogP contribution in [0.25, 0.3) is 10.8 Å². The molecule has 7 heteroatoms. The van der Waals surface area contributed by atoms with E-state index in [-0.39, 0.29) is 11.9 Å². The van der Waals surface area contributed by atoms with Gasteiger partial charge in [-0.05, 0) is 41.0 Å². The number of hydrogen-bond acceptors (Lipinski definition) is 5. The standard InChI is InChI=1S/C22H21BrN4O2/c1-29-20-10-9-15-6-2-3-8-17(15)21(20)18-12-19(26-25-18)22(28)27-24-13-14-5-4-7-16(23)11-14/h2-11,13,18-19,25-26H,12H2,1H3,(H,27,28)/b24-13+. The van der Waals surface area contributed by atoms with Crippen LogP contribution in [0.2, 0.25) is 0 Å². The first-order valence-electron chi connectivity index (χ1n) is 9.31. The molecule has 1 amide bonds. The number of hydrazone groups is 1. The van der Waals surface area contributed by atoms with Gasteiger partial charge in [-0.2, -0.15) is 5.10 Å². The van der Waals surface area contributed by atoms with Crippen molar-refractivity contribution in [3.63, 3.8) is 0 Å². The summed E-state index contributed by atoms with van der Waals surface area (Å²) in [7, 11) is 1.66. The number of benzene rings is 3. The SMILES string of the molecule is COc1ccc2ccccc2c1C1CC(C(=O)N/N=C/c2cccc(Br)c2)NN1. The maximum absolute atomic E-state index is 12.5. The Morgan fingerprint density at radius 1 is 1.17 bits per heavy atom. The molecular formula is C22H21BrN4O2. The lowest BCUT2D eigenvalue weighted by Crippen LogP contribution is -2.41. The molecule has 0 saturated carbocycles. The zero-order valence-electron chi connectivity index (χ0n) is 15.9. The van der Waals surface area contributed by atoms with Gasteiger partial charge in [0.2, 0.25) is 0 Å². The van der Waals surface area contributed by atoms with E-state index in [0.29, 0.717) is 6.42 Å². The fraction of sp³-hybridized carbons (Fsp3) is 0.182. The van der Waals surface area contributed by atoms with Crippen molar-refractivity contribution in [3.8, 4) is 5.75 Å². The molecule has 1 aliphatic rings. The predicted molar refractivity (Wildman–Crippen MR) is 118 cm³/mol. The molecule has 1 fully saturated rings. The second-order valence-electron chi connectivity index (χ2n) is 6.82. The van der Waals surface area contributed by atoms with Crippen molar-refractivity contribution in [2.75, 3.05) is 7.11 Å². The minimum Gasteiger partial charge on any atom is -0.496 e. The number of fused-ring (bicyclic) bond motifs is 1. The normalized spacial score (nSPS) is 19.0. The number of amides is 1. The molecule has 1 saturated heterocycles. The van der Waals surface area contributed by atoms with Crippen LogP contribution in [-0.2, 0) is 4.79 Å². The van der Waals surface area contributed by atoms with Crippen molar-refractivity contribution < 1.29 is 9.53 Å². The first kappa shape index (κ1) is 19.6. The van der Waals surface area contributed by atoms with E-state index in [1.165, 1.54) is 0 Å². The molecular weight excluding hydrogens is 432 g/mol. The van der Waals surface area contributed by atoms with E-state index >= 15 is 0 Å². The molecule has 6 nitrogen and oxygen atoms in total. The van der Waals surface area contributed by atoms with E-state index in [9.17, 15) is 4.79 Å². The fourth-order valence-electron chi connectivity index (χ4n) is 3.57. The Morgan fingerprint density at radius 2 is 2.03 bits per heavy atom. The second kappa shape index (κ2) is 8.73. The highest BCUT2D eigenvalue weighted by atomic mass is 79.9. The molecule has 148 valence electrons. The van der Waals surface area contributed by atoms with Crippen LogP contribution in [0, 0.1) is 0 Å². The van der Waals surface area contributed by atoms with Crippen molar-refractivity contribution in [1.29, 1.82) is 0 Å². The van der Waals surface area contributed by atoms with Crippen LogP contribution in [0.1, 0.15) is 23.6 Å². The van der Waals surface area contributed by atoms with Crippen molar-refractivity contribution in [2.24, 2.45) is 5.10 Å². The van der Waals surface area contributed by atoms with E-state index in [2.05, 4.69) is 49.4 Å². The molecule has 4 rings (SSSR count). The number of methoxy groups -OCH3 is 1. The third kappa shape index (κ3) is 4.32. The van der Waals surface area contributed by atoms with Crippen molar-refractivity contribution in [1.82, 2.24) is 16.3 Å². The third-order valence-corrected chi connectivity index (χ3v) is 5.45. The summed E-state index contributed by atoms with van der Waals surface area (Å²) in [6.07, 6.45) is 2.21. The number of nitrogens with one attached hydrogen (secondary N) is 3. The maximum atomic E-state index is 12.5. The van der Waals surface area contributed by atoms with Gasteiger partial charge in [0.25, 0.3) is 5.91 Å². The maximum Gasteiger partial charge on any atom is 0.258 e. The Morgan fingerprint density at radius 3 is 2.86 bits per heavy atom. The summed E-state index contributed by atoms with van der Waals surface area (Å²) in [6.45, 7) is 0. The van der Waals surface area contributed by atoms with Crippen LogP contribution in [0.5, 0.6) is 5.75 Å². The van der Waals surface area contributed by atoms with Gasteiger partial charge in [0.1, 0.15) is 11.8 Å². The van der Waals surface area contributed by atoms with Crippen LogP contribution < -0.4 is 21.0 Å². The van der Waals surface area contributed by atoms with Crippen molar-refractivity contribution in [2.45, 2.75) is 18.5 Å². The summed E-state index contributed by atoms with van der Waals surface area (Å²) in [5.41, 5.74) is 10.9. The smallest absolute Gasteiger partial charge is 0.258 e. The zero-order valence-corrected chi connectivity index (χ0v) is 17.4. The van der Waals surface area contributed by atoms with Crippen LogP contribution >= 0.6 is 15.9 Å². The molecule has 2 unspecified atom stereocenters. The number of ether oxygens (including phenoxy) is 1. The fourth-order valence-corrected chi connectivity index (χ4v) is 3.98. The summed E-state index contributed by atoms with van der Waals surface area (Å²) < 4.78 is 6.55. The number of hydrogen-bond donors (Lipinski definition) is 3. The van der Waals surface area contributed by atoms with Crippen LogP contribution in [0.4, 0.5) is 0 Å². The van der Waals surface area contributed by atoms with Gasteiger partial charge in [-0.1, -0.05) is 58.4 Å². The first-order chi connectivity index (χ1) is 14.2. The minimum absolute atomic E-state index is 0.0548. The quantitative estimate of drug-likeness (QED) is 0.407. The largest absolute Gasteiger partial charge is 0.496 e. The molecule has 29 heavy (non-hydrogen) atoms. The van der Waals surface area contributed by atoms with E-state index in [4.69, 9.17) is 4.74 Å². The lowest BCUT2D eigenvalue weighted by molar-refractivity contribution is -0.122. The molecule has 3 aromatic carbocycles. The number of carbonyl (C=O) groups excluding carboxylic acids is 1. The molecule has 0 aromatic heterocycles. The molecule has 3 N–H and O–H groups in total. The van der Waals surface area contributed by atoms with Gasteiger partial charge < -0.3 is 4.74 Å². The van der Waals surface area contributed by atoms with Gasteiger partial charge in [-0.3, -0.25) is 4.79 Å². The van der Waals surface area contributed by atoms with Crippen LogP contribution in [0.3, 0.4) is 0 Å². The Balaban J connectivity index is 1.47. The van der Waals surface area contributed by atoms with E-state index < -0.39 is 6.04 Å². The van der Waals surface area contributed by atoms with E-state index in [0.717, 1.165) is 32.1 Å². The van der Waals surface area contributed by atoms with Crippen molar-refractivity contribution >= 4 is 38.8 Å². The minimum atomic E-state index is -0.400. The Hall–Kier alpha value is -2.74. The van der Waals surface area contributed by atoms with Gasteiger partial charge in [0.05, 0.1) is 19.4 Å². The summed E-state index contributed by atoms with van der Waals surface area (Å²) in [5.74, 6) is 0.613. The molecule has 0 spiro atoms. The number of hydrazine groups is 1. The summed E-state index contributed by atoms with van der Waals surface area (Å²) in [5, 5.41) is 6.32. The number of halogens is 1. The summed E-state index contributed by atoms with van der Waals surface area (Å²) in [6, 6.07) is 19.4. The van der Waals surface area contributed by atoms with Crippen molar-refractivity contribution in [3.05, 3.63) is 76.3 Å². The van der Waals surface area contributed by atoms with Gasteiger partial charge in [0, 0.05) is 10.0 Å². The predicted octanol–water partition coefficient (Wildman–Crippen LogP) is 3.67. The molecule has 1 heterocycles. The summed E-state index contributed by atoms with van der Waals surface area (Å²) in [4.78, 5) is 12.5. The van der Waals surface area contributed by atoms with Gasteiger partial charge in [0.15, 0.2) is 0 Å². The number of nitrogens with zero attached hydrogens (tertiary/aromatic N) is 1. The Labute approximate surface area is 177 Å². The van der Waals surface area contributed by atoms with E-state index in [1.807, 2.05) is 48.5 Å². The topological polar surface area (TPSA) is 74.8 Å². The summed E-state index contributed by atoms with van der Waals surface area (Å²) >= 11 is 3.42. The highest BCUT2D eigenvalue weighted by molar-refractivity contribution is 9.10. The van der Waals surface area contributed by atoms with Crippen LogP contribution in [-0.4, -0.2) is 25.3 Å². The third-order valence-electron chi connectivity index (χ3n) is 4.96. The van der Waals surface area contributed by atoms with E-state index in [1.54, 1.807) is 13.3 Å². The average molecular weight is 453 g/mol. The average Bonchev–Trinajstić information content (AvgIpc) is 3.23. The molecule has 1 aliphatic heterocycles. The molecule has 2 atom stereocenters. The molecule has 0 bridgehead atoms.